The van der Waals surface area contributed by atoms with Gasteiger partial charge >= 0.3 is 0 Å². The van der Waals surface area contributed by atoms with E-state index in [0.29, 0.717) is 5.39 Å². The van der Waals surface area contributed by atoms with Crippen LogP contribution in [0.5, 0.6) is 0 Å². The van der Waals surface area contributed by atoms with Crippen molar-refractivity contribution in [3.63, 3.8) is 0 Å². The number of aliphatic imine (C=N–C) groups is 1. The summed E-state index contributed by atoms with van der Waals surface area (Å²) in [5.74, 6) is 0.397. The van der Waals surface area contributed by atoms with Crippen molar-refractivity contribution in [2.75, 3.05) is 7.05 Å². The molecule has 4 aromatic rings. The summed E-state index contributed by atoms with van der Waals surface area (Å²) in [6, 6.07) is 14.0. The van der Waals surface area contributed by atoms with E-state index in [9.17, 15) is 4.79 Å². The molecule has 3 heterocycles. The highest BCUT2D eigenvalue weighted by Crippen LogP contribution is 2.42. The van der Waals surface area contributed by atoms with Gasteiger partial charge in [-0.15, -0.1) is 0 Å². The fourth-order valence-corrected chi connectivity index (χ4v) is 4.19. The van der Waals surface area contributed by atoms with Gasteiger partial charge in [0.2, 0.25) is 0 Å². The molecule has 30 heavy (non-hydrogen) atoms. The lowest BCUT2D eigenvalue weighted by atomic mass is 9.82. The summed E-state index contributed by atoms with van der Waals surface area (Å²) in [7, 11) is 3.80. The van der Waals surface area contributed by atoms with Crippen molar-refractivity contribution < 1.29 is 0 Å². The van der Waals surface area contributed by atoms with Crippen LogP contribution in [-0.2, 0) is 13.6 Å². The van der Waals surface area contributed by atoms with Crippen LogP contribution in [0.1, 0.15) is 34.5 Å². The minimum absolute atomic E-state index is 0.120. The second kappa shape index (κ2) is 7.31. The van der Waals surface area contributed by atoms with E-state index in [-0.39, 0.29) is 17.4 Å². The maximum absolute atomic E-state index is 12.4. The molecule has 1 aliphatic rings. The third-order valence-electron chi connectivity index (χ3n) is 5.62. The SMILES string of the molecule is CNCc1ccc(C2C=Nc3cccc4c(=O)[nH]nc(c34)C2c2ncnn2C)cc1. The van der Waals surface area contributed by atoms with Crippen molar-refractivity contribution >= 4 is 22.7 Å². The molecule has 0 aliphatic carbocycles. The van der Waals surface area contributed by atoms with E-state index in [1.807, 2.05) is 32.4 Å². The van der Waals surface area contributed by atoms with Crippen LogP contribution in [-0.4, -0.2) is 38.2 Å². The zero-order valence-electron chi connectivity index (χ0n) is 16.7. The van der Waals surface area contributed by atoms with Crippen LogP contribution in [0.25, 0.3) is 10.8 Å². The second-order valence-electron chi connectivity index (χ2n) is 7.43. The number of aryl methyl sites for hydroxylation is 1. The van der Waals surface area contributed by atoms with Crippen LogP contribution in [0.15, 0.2) is 58.6 Å². The quantitative estimate of drug-likeness (QED) is 0.549. The minimum Gasteiger partial charge on any atom is -0.316 e. The van der Waals surface area contributed by atoms with E-state index in [2.05, 4.69) is 49.9 Å². The van der Waals surface area contributed by atoms with E-state index in [1.54, 1.807) is 17.1 Å². The zero-order valence-corrected chi connectivity index (χ0v) is 16.7. The van der Waals surface area contributed by atoms with Gasteiger partial charge in [-0.05, 0) is 30.3 Å². The number of nitrogens with one attached hydrogen (secondary N) is 2. The third-order valence-corrected chi connectivity index (χ3v) is 5.62. The molecule has 0 radical (unpaired) electrons. The first-order valence-electron chi connectivity index (χ1n) is 9.80. The van der Waals surface area contributed by atoms with Crippen molar-refractivity contribution in [3.05, 3.63) is 81.8 Å². The Morgan fingerprint density at radius 1 is 1.17 bits per heavy atom. The molecule has 2 N–H and O–H groups in total. The number of nitrogens with zero attached hydrogens (tertiary/aromatic N) is 5. The van der Waals surface area contributed by atoms with Crippen LogP contribution >= 0.6 is 0 Å². The molecule has 0 spiro atoms. The summed E-state index contributed by atoms with van der Waals surface area (Å²) in [6.07, 6.45) is 3.48. The molecule has 8 nitrogen and oxygen atoms in total. The van der Waals surface area contributed by atoms with Crippen LogP contribution in [0.2, 0.25) is 0 Å². The van der Waals surface area contributed by atoms with Gasteiger partial charge in [-0.3, -0.25) is 14.5 Å². The minimum atomic E-state index is -0.251. The van der Waals surface area contributed by atoms with Gasteiger partial charge in [-0.2, -0.15) is 10.2 Å². The Hall–Kier alpha value is -3.65. The maximum Gasteiger partial charge on any atom is 0.272 e. The van der Waals surface area contributed by atoms with Gasteiger partial charge in [0, 0.05) is 31.1 Å². The normalized spacial score (nSPS) is 17.9. The number of rotatable bonds is 4. The van der Waals surface area contributed by atoms with Gasteiger partial charge in [-0.25, -0.2) is 10.1 Å². The number of H-pyrrole nitrogens is 1. The van der Waals surface area contributed by atoms with Gasteiger partial charge < -0.3 is 5.32 Å². The molecule has 5 rings (SSSR count). The van der Waals surface area contributed by atoms with E-state index in [0.717, 1.165) is 34.7 Å². The van der Waals surface area contributed by atoms with Gasteiger partial charge in [0.05, 0.1) is 22.7 Å². The monoisotopic (exact) mass is 399 g/mol. The predicted octanol–water partition coefficient (Wildman–Crippen LogP) is 2.40. The van der Waals surface area contributed by atoms with Crippen molar-refractivity contribution in [3.8, 4) is 0 Å². The van der Waals surface area contributed by atoms with Crippen molar-refractivity contribution in [2.45, 2.75) is 18.4 Å². The van der Waals surface area contributed by atoms with E-state index < -0.39 is 0 Å². The first-order valence-corrected chi connectivity index (χ1v) is 9.80. The lowest BCUT2D eigenvalue weighted by Crippen LogP contribution is -2.21. The van der Waals surface area contributed by atoms with E-state index in [1.165, 1.54) is 5.56 Å². The first kappa shape index (κ1) is 18.4. The molecule has 150 valence electrons. The Kier molecular flexibility index (Phi) is 4.48. The summed E-state index contributed by atoms with van der Waals surface area (Å²) < 4.78 is 1.76. The van der Waals surface area contributed by atoms with E-state index >= 15 is 0 Å². The third kappa shape index (κ3) is 2.93. The van der Waals surface area contributed by atoms with Crippen molar-refractivity contribution in [2.24, 2.45) is 12.0 Å². The molecule has 0 bridgehead atoms. The Morgan fingerprint density at radius 2 is 2.00 bits per heavy atom. The molecular formula is C22H21N7O. The Bertz CT molecular complexity index is 1300. The summed E-state index contributed by atoms with van der Waals surface area (Å²) in [5, 5.41) is 15.9. The summed E-state index contributed by atoms with van der Waals surface area (Å²) in [4.78, 5) is 21.7. The molecule has 1 aliphatic heterocycles. The first-order chi connectivity index (χ1) is 14.7. The van der Waals surface area contributed by atoms with Crippen LogP contribution in [0.4, 0.5) is 5.69 Å². The molecule has 2 aromatic carbocycles. The lowest BCUT2D eigenvalue weighted by molar-refractivity contribution is 0.612. The Morgan fingerprint density at radius 3 is 2.73 bits per heavy atom. The standard InChI is InChI=1S/C22H21N7O/c1-23-10-13-6-8-14(9-7-13)16-11-24-17-5-3-4-15-18(17)20(27-28-22(15)30)19(16)21-25-12-26-29(21)2/h3-9,11-12,16,19,23H,10H2,1-2H3,(H,28,30). The highest BCUT2D eigenvalue weighted by molar-refractivity contribution is 5.97. The number of hydrogen-bond acceptors (Lipinski definition) is 6. The summed E-state index contributed by atoms with van der Waals surface area (Å²) in [6.45, 7) is 0.805. The molecular weight excluding hydrogens is 378 g/mol. The maximum atomic E-state index is 12.4. The smallest absolute Gasteiger partial charge is 0.272 e. The molecule has 0 saturated carbocycles. The van der Waals surface area contributed by atoms with Crippen LogP contribution < -0.4 is 10.9 Å². The predicted molar refractivity (Wildman–Crippen MR) is 115 cm³/mol. The molecule has 8 heteroatoms. The van der Waals surface area contributed by atoms with Crippen LogP contribution in [0.3, 0.4) is 0 Å². The number of aromatic nitrogens is 5. The fourth-order valence-electron chi connectivity index (χ4n) is 4.19. The number of benzene rings is 2. The summed E-state index contributed by atoms with van der Waals surface area (Å²) >= 11 is 0. The molecule has 2 unspecified atom stereocenters. The highest BCUT2D eigenvalue weighted by atomic mass is 16.1. The van der Waals surface area contributed by atoms with Crippen molar-refractivity contribution in [1.82, 2.24) is 30.3 Å². The van der Waals surface area contributed by atoms with Crippen LogP contribution in [0, 0.1) is 0 Å². The Balaban J connectivity index is 1.76. The van der Waals surface area contributed by atoms with Gasteiger partial charge in [0.1, 0.15) is 12.2 Å². The largest absolute Gasteiger partial charge is 0.316 e. The molecule has 0 amide bonds. The zero-order chi connectivity index (χ0) is 20.7. The van der Waals surface area contributed by atoms with Gasteiger partial charge in [0.15, 0.2) is 0 Å². The second-order valence-corrected chi connectivity index (χ2v) is 7.43. The average molecular weight is 399 g/mol. The number of hydrogen-bond donors (Lipinski definition) is 2. The van der Waals surface area contributed by atoms with E-state index in [4.69, 9.17) is 4.99 Å². The fraction of sp³-hybridized carbons (Fsp3) is 0.227. The molecule has 2 aromatic heterocycles. The van der Waals surface area contributed by atoms with Crippen molar-refractivity contribution in [1.29, 1.82) is 0 Å². The molecule has 2 atom stereocenters. The average Bonchev–Trinajstić information content (AvgIpc) is 3.11. The highest BCUT2D eigenvalue weighted by Gasteiger charge is 2.34. The molecule has 0 saturated heterocycles. The Labute approximate surface area is 172 Å². The van der Waals surface area contributed by atoms with Gasteiger partial charge in [-0.1, -0.05) is 30.3 Å². The summed E-state index contributed by atoms with van der Waals surface area (Å²) in [5.41, 5.74) is 3.56. The van der Waals surface area contributed by atoms with Gasteiger partial charge in [0.25, 0.3) is 5.56 Å². The molecule has 0 fully saturated rings. The topological polar surface area (TPSA) is 101 Å². The lowest BCUT2D eigenvalue weighted by Gasteiger charge is -2.23. The number of aromatic amines is 1.